The number of H-pyrrole nitrogens is 1. The van der Waals surface area contributed by atoms with Gasteiger partial charge < -0.3 is 0 Å². The topological polar surface area (TPSA) is 58.6 Å². The predicted octanol–water partition coefficient (Wildman–Crippen LogP) is 1.03. The second kappa shape index (κ2) is 3.06. The fourth-order valence-corrected chi connectivity index (χ4v) is 1.53. The first-order chi connectivity index (χ1) is 6.27. The van der Waals surface area contributed by atoms with Crippen molar-refractivity contribution in [3.8, 4) is 10.6 Å². The first-order valence-electron chi connectivity index (χ1n) is 3.43. The Labute approximate surface area is 76.1 Å². The normalized spacial score (nSPS) is 10.2. The lowest BCUT2D eigenvalue weighted by atomic mass is 10.3. The molecule has 0 fully saturated rings. The molecule has 0 aliphatic carbocycles. The third-order valence-electron chi connectivity index (χ3n) is 1.44. The van der Waals surface area contributed by atoms with E-state index in [4.69, 9.17) is 0 Å². The third kappa shape index (κ3) is 1.48. The largest absolute Gasteiger partial charge is 0.322 e. The smallest absolute Gasteiger partial charge is 0.262 e. The van der Waals surface area contributed by atoms with Crippen molar-refractivity contribution in [1.29, 1.82) is 0 Å². The van der Waals surface area contributed by atoms with Crippen molar-refractivity contribution in [2.45, 2.75) is 0 Å². The summed E-state index contributed by atoms with van der Waals surface area (Å²) in [5, 5.41) is 6.22. The number of rotatable bonds is 1. The van der Waals surface area contributed by atoms with E-state index in [-0.39, 0.29) is 4.87 Å². The van der Waals surface area contributed by atoms with Crippen LogP contribution in [0.1, 0.15) is 0 Å². The highest BCUT2D eigenvalue weighted by Gasteiger charge is 2.08. The molecule has 2 rings (SSSR count). The molecule has 2 aromatic rings. The van der Waals surface area contributed by atoms with Gasteiger partial charge in [0.1, 0.15) is 0 Å². The number of aromatic amines is 1. The van der Waals surface area contributed by atoms with Gasteiger partial charge in [-0.3, -0.25) is 9.78 Å². The van der Waals surface area contributed by atoms with Gasteiger partial charge in [0.25, 0.3) is 0 Å². The van der Waals surface area contributed by atoms with Gasteiger partial charge in [-0.2, -0.15) is 5.10 Å². The quantitative estimate of drug-likeness (QED) is 0.742. The number of nitrogens with one attached hydrogen (secondary N) is 1. The van der Waals surface area contributed by atoms with Gasteiger partial charge in [0.15, 0.2) is 10.8 Å². The molecule has 0 saturated carbocycles. The SMILES string of the molecule is O=c1[nH]nc(-c2ccncc2F)s1. The molecule has 0 unspecified atom stereocenters. The molecule has 0 aliphatic rings. The summed E-state index contributed by atoms with van der Waals surface area (Å²) < 4.78 is 13.1. The van der Waals surface area contributed by atoms with E-state index in [1.54, 1.807) is 0 Å². The summed E-state index contributed by atoms with van der Waals surface area (Å²) in [5.74, 6) is -0.481. The van der Waals surface area contributed by atoms with Crippen LogP contribution >= 0.6 is 11.3 Å². The van der Waals surface area contributed by atoms with Gasteiger partial charge in [-0.05, 0) is 6.07 Å². The Bertz CT molecular complexity index is 478. The Morgan fingerprint density at radius 2 is 2.38 bits per heavy atom. The zero-order valence-electron chi connectivity index (χ0n) is 6.32. The zero-order valence-corrected chi connectivity index (χ0v) is 7.14. The van der Waals surface area contributed by atoms with Crippen molar-refractivity contribution in [3.05, 3.63) is 33.9 Å². The lowest BCUT2D eigenvalue weighted by Gasteiger charge is -1.94. The average Bonchev–Trinajstić information content (AvgIpc) is 2.53. The second-order valence-corrected chi connectivity index (χ2v) is 3.24. The molecule has 4 nitrogen and oxygen atoms in total. The number of halogens is 1. The molecule has 0 spiro atoms. The van der Waals surface area contributed by atoms with E-state index in [1.807, 2.05) is 0 Å². The second-order valence-electron chi connectivity index (χ2n) is 2.27. The number of nitrogens with zero attached hydrogens (tertiary/aromatic N) is 2. The molecule has 2 aromatic heterocycles. The van der Waals surface area contributed by atoms with Gasteiger partial charge in [-0.15, -0.1) is 0 Å². The lowest BCUT2D eigenvalue weighted by Crippen LogP contribution is -1.90. The van der Waals surface area contributed by atoms with Gasteiger partial charge in [-0.25, -0.2) is 9.49 Å². The third-order valence-corrected chi connectivity index (χ3v) is 2.22. The van der Waals surface area contributed by atoms with Crippen molar-refractivity contribution >= 4 is 11.3 Å². The molecule has 0 aromatic carbocycles. The minimum atomic E-state index is -0.481. The molecule has 0 aliphatic heterocycles. The van der Waals surface area contributed by atoms with E-state index in [0.29, 0.717) is 10.6 Å². The molecule has 0 amide bonds. The average molecular weight is 197 g/mol. The van der Waals surface area contributed by atoms with Gasteiger partial charge in [0, 0.05) is 6.20 Å². The first kappa shape index (κ1) is 8.06. The fourth-order valence-electron chi connectivity index (χ4n) is 0.894. The van der Waals surface area contributed by atoms with Gasteiger partial charge in [0.2, 0.25) is 0 Å². The molecule has 1 N–H and O–H groups in total. The van der Waals surface area contributed by atoms with Crippen LogP contribution in [-0.4, -0.2) is 15.2 Å². The summed E-state index contributed by atoms with van der Waals surface area (Å²) in [7, 11) is 0. The molecule has 6 heteroatoms. The minimum Gasteiger partial charge on any atom is -0.262 e. The van der Waals surface area contributed by atoms with Crippen LogP contribution in [0.3, 0.4) is 0 Å². The number of pyridine rings is 1. The van der Waals surface area contributed by atoms with E-state index in [1.165, 1.54) is 12.3 Å². The number of hydrogen-bond donors (Lipinski definition) is 1. The molecular formula is C7H4FN3OS. The maximum Gasteiger partial charge on any atom is 0.322 e. The summed E-state index contributed by atoms with van der Waals surface area (Å²) >= 11 is 0.865. The molecule has 0 saturated heterocycles. The number of hydrogen-bond acceptors (Lipinski definition) is 4. The maximum atomic E-state index is 13.1. The van der Waals surface area contributed by atoms with Crippen LogP contribution in [-0.2, 0) is 0 Å². The highest BCUT2D eigenvalue weighted by molar-refractivity contribution is 7.12. The molecule has 0 bridgehead atoms. The highest BCUT2D eigenvalue weighted by atomic mass is 32.1. The van der Waals surface area contributed by atoms with Crippen LogP contribution < -0.4 is 4.87 Å². The van der Waals surface area contributed by atoms with E-state index in [2.05, 4.69) is 15.2 Å². The lowest BCUT2D eigenvalue weighted by molar-refractivity contribution is 0.624. The Balaban J connectivity index is 2.58. The summed E-state index contributed by atoms with van der Waals surface area (Å²) in [6.07, 6.45) is 2.53. The standard InChI is InChI=1S/C7H4FN3OS/c8-5-3-9-2-1-4(5)6-10-11-7(12)13-6/h1-3H,(H,11,12). The summed E-state index contributed by atoms with van der Waals surface area (Å²) in [4.78, 5) is 14.0. The van der Waals surface area contributed by atoms with Gasteiger partial charge in [0.05, 0.1) is 11.8 Å². The van der Waals surface area contributed by atoms with Crippen LogP contribution in [0, 0.1) is 5.82 Å². The Morgan fingerprint density at radius 3 is 3.00 bits per heavy atom. The van der Waals surface area contributed by atoms with Crippen LogP contribution in [0.2, 0.25) is 0 Å². The fraction of sp³-hybridized carbons (Fsp3) is 0. The first-order valence-corrected chi connectivity index (χ1v) is 4.24. The monoisotopic (exact) mass is 197 g/mol. The van der Waals surface area contributed by atoms with E-state index < -0.39 is 5.82 Å². The Hall–Kier alpha value is -1.56. The minimum absolute atomic E-state index is 0.290. The van der Waals surface area contributed by atoms with Gasteiger partial charge >= 0.3 is 4.87 Å². The van der Waals surface area contributed by atoms with Crippen molar-refractivity contribution in [2.75, 3.05) is 0 Å². The van der Waals surface area contributed by atoms with E-state index >= 15 is 0 Å². The zero-order chi connectivity index (χ0) is 9.26. The predicted molar refractivity (Wildman–Crippen MR) is 45.9 cm³/mol. The molecule has 2 heterocycles. The van der Waals surface area contributed by atoms with E-state index in [0.717, 1.165) is 17.5 Å². The van der Waals surface area contributed by atoms with Crippen LogP contribution in [0.5, 0.6) is 0 Å². The highest BCUT2D eigenvalue weighted by Crippen LogP contribution is 2.20. The van der Waals surface area contributed by atoms with Crippen molar-refractivity contribution < 1.29 is 4.39 Å². The Morgan fingerprint density at radius 1 is 1.54 bits per heavy atom. The van der Waals surface area contributed by atoms with Crippen molar-refractivity contribution in [3.63, 3.8) is 0 Å². The summed E-state index contributed by atoms with van der Waals surface area (Å²) in [6, 6.07) is 1.47. The van der Waals surface area contributed by atoms with Crippen LogP contribution in [0.25, 0.3) is 10.6 Å². The maximum absolute atomic E-state index is 13.1. The molecular weight excluding hydrogens is 193 g/mol. The van der Waals surface area contributed by atoms with Crippen LogP contribution in [0.15, 0.2) is 23.3 Å². The number of aromatic nitrogens is 3. The van der Waals surface area contributed by atoms with Crippen molar-refractivity contribution in [1.82, 2.24) is 15.2 Å². The Kier molecular flexibility index (Phi) is 1.90. The summed E-state index contributed by atoms with van der Waals surface area (Å²) in [6.45, 7) is 0. The molecule has 13 heavy (non-hydrogen) atoms. The van der Waals surface area contributed by atoms with Crippen LogP contribution in [0.4, 0.5) is 4.39 Å². The molecule has 0 atom stereocenters. The van der Waals surface area contributed by atoms with Gasteiger partial charge in [-0.1, -0.05) is 11.3 Å². The molecule has 66 valence electrons. The van der Waals surface area contributed by atoms with E-state index in [9.17, 15) is 9.18 Å². The molecule has 0 radical (unpaired) electrons. The summed E-state index contributed by atoms with van der Waals surface area (Å²) in [5.41, 5.74) is 0.290. The van der Waals surface area contributed by atoms with Crippen molar-refractivity contribution in [2.24, 2.45) is 0 Å².